The zero-order chi connectivity index (χ0) is 12.0. The number of carbonyl (C=O) groups excluding carboxylic acids is 1. The average Bonchev–Trinajstić information content (AvgIpc) is 2.28. The molecule has 1 N–H and O–H groups in total. The number of hydrogen-bond donors (Lipinski definition) is 1. The number of benzene rings is 1. The Morgan fingerprint density at radius 1 is 1.31 bits per heavy atom. The summed E-state index contributed by atoms with van der Waals surface area (Å²) in [5.41, 5.74) is 3.91. The van der Waals surface area contributed by atoms with Gasteiger partial charge in [-0.3, -0.25) is 4.79 Å². The lowest BCUT2D eigenvalue weighted by Crippen LogP contribution is -2.25. The van der Waals surface area contributed by atoms with Crippen molar-refractivity contribution in [1.82, 2.24) is 5.32 Å². The Balaban J connectivity index is 2.32. The van der Waals surface area contributed by atoms with Gasteiger partial charge in [0.25, 0.3) is 0 Å². The third-order valence-electron chi connectivity index (χ3n) is 2.66. The molecular weight excluding hydrogens is 202 g/mol. The number of nitrogens with one attached hydrogen (secondary N) is 1. The van der Waals surface area contributed by atoms with Gasteiger partial charge in [-0.2, -0.15) is 0 Å². The predicted molar refractivity (Wildman–Crippen MR) is 64.5 cm³/mol. The predicted octanol–water partition coefficient (Wildman–Crippen LogP) is 1.61. The summed E-state index contributed by atoms with van der Waals surface area (Å²) in [6.45, 7) is 5.29. The van der Waals surface area contributed by atoms with Gasteiger partial charge in [0.1, 0.15) is 0 Å². The van der Waals surface area contributed by atoms with Crippen LogP contribution in [0.5, 0.6) is 0 Å². The summed E-state index contributed by atoms with van der Waals surface area (Å²) in [5, 5.41) is 3.04. The van der Waals surface area contributed by atoms with Crippen molar-refractivity contribution in [3.05, 3.63) is 34.9 Å². The Kier molecular flexibility index (Phi) is 4.99. The summed E-state index contributed by atoms with van der Waals surface area (Å²) in [5.74, 6) is -0.222. The van der Waals surface area contributed by atoms with E-state index in [0.717, 1.165) is 13.0 Å². The van der Waals surface area contributed by atoms with Crippen molar-refractivity contribution in [3.8, 4) is 0 Å². The Labute approximate surface area is 96.8 Å². The number of rotatable bonds is 5. The third-order valence-corrected chi connectivity index (χ3v) is 2.66. The van der Waals surface area contributed by atoms with Gasteiger partial charge in [0, 0.05) is 0 Å². The van der Waals surface area contributed by atoms with Gasteiger partial charge in [0.05, 0.1) is 13.7 Å². The molecule has 0 heterocycles. The molecule has 1 aromatic carbocycles. The molecule has 3 heteroatoms. The van der Waals surface area contributed by atoms with Crippen molar-refractivity contribution >= 4 is 5.97 Å². The largest absolute Gasteiger partial charge is 0.468 e. The van der Waals surface area contributed by atoms with Gasteiger partial charge in [-0.05, 0) is 43.5 Å². The van der Waals surface area contributed by atoms with Crippen LogP contribution in [0, 0.1) is 13.8 Å². The lowest BCUT2D eigenvalue weighted by molar-refractivity contribution is -0.139. The number of esters is 1. The number of ether oxygens (including phenoxy) is 1. The molecule has 0 aromatic heterocycles. The molecule has 3 nitrogen and oxygen atoms in total. The highest BCUT2D eigenvalue weighted by Crippen LogP contribution is 2.09. The van der Waals surface area contributed by atoms with Gasteiger partial charge >= 0.3 is 5.97 Å². The highest BCUT2D eigenvalue weighted by Gasteiger charge is 1.99. The fourth-order valence-electron chi connectivity index (χ4n) is 1.45. The van der Waals surface area contributed by atoms with Crippen LogP contribution in [0.3, 0.4) is 0 Å². The van der Waals surface area contributed by atoms with Crippen molar-refractivity contribution in [2.75, 3.05) is 20.2 Å². The molecule has 0 spiro atoms. The zero-order valence-electron chi connectivity index (χ0n) is 10.2. The summed E-state index contributed by atoms with van der Waals surface area (Å²) in [6.07, 6.45) is 0.929. The fraction of sp³-hybridized carbons (Fsp3) is 0.462. The molecular formula is C13H19NO2. The number of carbonyl (C=O) groups is 1. The molecule has 0 amide bonds. The van der Waals surface area contributed by atoms with E-state index < -0.39 is 0 Å². The molecule has 0 radical (unpaired) electrons. The zero-order valence-corrected chi connectivity index (χ0v) is 10.2. The molecule has 0 unspecified atom stereocenters. The number of hydrogen-bond acceptors (Lipinski definition) is 3. The van der Waals surface area contributed by atoms with Crippen LogP contribution in [-0.4, -0.2) is 26.2 Å². The fourth-order valence-corrected chi connectivity index (χ4v) is 1.45. The maximum atomic E-state index is 10.8. The molecule has 0 bridgehead atoms. The molecule has 0 fully saturated rings. The van der Waals surface area contributed by atoms with E-state index in [1.54, 1.807) is 0 Å². The Morgan fingerprint density at radius 3 is 2.69 bits per heavy atom. The van der Waals surface area contributed by atoms with Crippen molar-refractivity contribution in [3.63, 3.8) is 0 Å². The van der Waals surface area contributed by atoms with Crippen molar-refractivity contribution < 1.29 is 9.53 Å². The van der Waals surface area contributed by atoms with Crippen molar-refractivity contribution in [1.29, 1.82) is 0 Å². The van der Waals surface area contributed by atoms with E-state index in [4.69, 9.17) is 0 Å². The second-order valence-electron chi connectivity index (χ2n) is 3.92. The van der Waals surface area contributed by atoms with E-state index in [-0.39, 0.29) is 12.5 Å². The van der Waals surface area contributed by atoms with Crippen LogP contribution < -0.4 is 5.32 Å². The Morgan fingerprint density at radius 2 is 2.06 bits per heavy atom. The van der Waals surface area contributed by atoms with Gasteiger partial charge in [-0.1, -0.05) is 18.2 Å². The first kappa shape index (κ1) is 12.7. The van der Waals surface area contributed by atoms with E-state index in [0.29, 0.717) is 0 Å². The molecule has 0 aliphatic heterocycles. The van der Waals surface area contributed by atoms with E-state index in [9.17, 15) is 4.79 Å². The van der Waals surface area contributed by atoms with Gasteiger partial charge in [-0.25, -0.2) is 0 Å². The molecule has 0 aliphatic carbocycles. The minimum absolute atomic E-state index is 0.222. The average molecular weight is 221 g/mol. The lowest BCUT2D eigenvalue weighted by atomic mass is 10.0. The first-order chi connectivity index (χ1) is 7.63. The van der Waals surface area contributed by atoms with Crippen LogP contribution in [0.15, 0.2) is 18.2 Å². The van der Waals surface area contributed by atoms with Crippen LogP contribution in [-0.2, 0) is 16.0 Å². The maximum Gasteiger partial charge on any atom is 0.319 e. The maximum absolute atomic E-state index is 10.8. The minimum atomic E-state index is -0.222. The van der Waals surface area contributed by atoms with E-state index in [1.165, 1.54) is 23.8 Å². The van der Waals surface area contributed by atoms with Crippen molar-refractivity contribution in [2.24, 2.45) is 0 Å². The van der Waals surface area contributed by atoms with E-state index in [2.05, 4.69) is 42.1 Å². The quantitative estimate of drug-likeness (QED) is 0.606. The van der Waals surface area contributed by atoms with E-state index in [1.807, 2.05) is 0 Å². The molecule has 1 rings (SSSR count). The summed E-state index contributed by atoms with van der Waals surface area (Å²) in [4.78, 5) is 10.8. The molecule has 0 saturated heterocycles. The van der Waals surface area contributed by atoms with Crippen LogP contribution in [0.2, 0.25) is 0 Å². The first-order valence-corrected chi connectivity index (χ1v) is 5.47. The minimum Gasteiger partial charge on any atom is -0.468 e. The number of methoxy groups -OCH3 is 1. The molecule has 0 aliphatic rings. The molecule has 1 aromatic rings. The highest BCUT2D eigenvalue weighted by atomic mass is 16.5. The standard InChI is InChI=1S/C13H19NO2/c1-10-4-5-12(8-11(10)2)6-7-14-9-13(15)16-3/h4-5,8,14H,6-7,9H2,1-3H3. The summed E-state index contributed by atoms with van der Waals surface area (Å²) in [7, 11) is 1.40. The van der Waals surface area contributed by atoms with E-state index >= 15 is 0 Å². The van der Waals surface area contributed by atoms with Crippen molar-refractivity contribution in [2.45, 2.75) is 20.3 Å². The third kappa shape index (κ3) is 4.03. The smallest absolute Gasteiger partial charge is 0.319 e. The second-order valence-corrected chi connectivity index (χ2v) is 3.92. The normalized spacial score (nSPS) is 10.2. The molecule has 0 saturated carbocycles. The topological polar surface area (TPSA) is 38.3 Å². The van der Waals surface area contributed by atoms with Gasteiger partial charge in [-0.15, -0.1) is 0 Å². The highest BCUT2D eigenvalue weighted by molar-refractivity contribution is 5.71. The van der Waals surface area contributed by atoms with Gasteiger partial charge in [0.15, 0.2) is 0 Å². The van der Waals surface area contributed by atoms with Gasteiger partial charge < -0.3 is 10.1 Å². The second kappa shape index (κ2) is 6.28. The number of aryl methyl sites for hydroxylation is 2. The van der Waals surface area contributed by atoms with Crippen LogP contribution in [0.4, 0.5) is 0 Å². The van der Waals surface area contributed by atoms with Crippen LogP contribution in [0.25, 0.3) is 0 Å². The monoisotopic (exact) mass is 221 g/mol. The van der Waals surface area contributed by atoms with Gasteiger partial charge in [0.2, 0.25) is 0 Å². The van der Waals surface area contributed by atoms with Crippen LogP contribution in [0.1, 0.15) is 16.7 Å². The SMILES string of the molecule is COC(=O)CNCCc1ccc(C)c(C)c1. The van der Waals surface area contributed by atoms with Crippen LogP contribution >= 0.6 is 0 Å². The Hall–Kier alpha value is -1.35. The first-order valence-electron chi connectivity index (χ1n) is 5.47. The molecule has 88 valence electrons. The summed E-state index contributed by atoms with van der Waals surface area (Å²) < 4.78 is 4.54. The Bertz CT molecular complexity index is 361. The molecule has 16 heavy (non-hydrogen) atoms. The summed E-state index contributed by atoms with van der Waals surface area (Å²) in [6, 6.07) is 6.45. The summed E-state index contributed by atoms with van der Waals surface area (Å²) >= 11 is 0. The lowest BCUT2D eigenvalue weighted by Gasteiger charge is -2.06. The molecule has 0 atom stereocenters.